The summed E-state index contributed by atoms with van der Waals surface area (Å²) in [5.74, 6) is -0.311. The van der Waals surface area contributed by atoms with Crippen molar-refractivity contribution in [2.75, 3.05) is 7.11 Å². The van der Waals surface area contributed by atoms with Gasteiger partial charge >= 0.3 is 5.97 Å². The number of benzene rings is 1. The number of carbonyl (C=O) groups is 1. The van der Waals surface area contributed by atoms with E-state index in [1.165, 1.54) is 12.3 Å². The number of nitrogens with zero attached hydrogens (tertiary/aromatic N) is 2. The van der Waals surface area contributed by atoms with Gasteiger partial charge in [-0.05, 0) is 34.5 Å². The van der Waals surface area contributed by atoms with Gasteiger partial charge in [0.1, 0.15) is 5.45 Å². The molecule has 4 nitrogen and oxygen atoms in total. The number of ether oxygens (including phenoxy) is 1. The van der Waals surface area contributed by atoms with E-state index in [2.05, 4.69) is 49.8 Å². The third-order valence-electron chi connectivity index (χ3n) is 4.54. The molecule has 0 amide bonds. The molecule has 1 heterocycles. The molecule has 0 fully saturated rings. The molecular weight excluding hydrogens is 304 g/mol. The zero-order valence-corrected chi connectivity index (χ0v) is 15.4. The summed E-state index contributed by atoms with van der Waals surface area (Å²) in [6.07, 6.45) is 3.63. The van der Waals surface area contributed by atoms with Gasteiger partial charge in [0.2, 0.25) is 0 Å². The normalized spacial score (nSPS) is 11.8. The second-order valence-corrected chi connectivity index (χ2v) is 11.4. The fourth-order valence-electron chi connectivity index (χ4n) is 3.49. The highest BCUT2D eigenvalue weighted by atomic mass is 28.3. The van der Waals surface area contributed by atoms with Crippen LogP contribution in [0.25, 0.3) is 0 Å². The average Bonchev–Trinajstić information content (AvgIpc) is 2.55. The fraction of sp³-hybridized carbons (Fsp3) is 0.389. The van der Waals surface area contributed by atoms with Crippen LogP contribution in [0.3, 0.4) is 0 Å². The van der Waals surface area contributed by atoms with Gasteiger partial charge in [-0.3, -0.25) is 0 Å². The summed E-state index contributed by atoms with van der Waals surface area (Å²) in [6.45, 7) is 8.99. The lowest BCUT2D eigenvalue weighted by atomic mass is 10.2. The number of hydrogen-bond donors (Lipinski definition) is 0. The third kappa shape index (κ3) is 3.06. The van der Waals surface area contributed by atoms with Crippen molar-refractivity contribution in [3.05, 3.63) is 48.3 Å². The first-order valence-corrected chi connectivity index (χ1v) is 10.1. The van der Waals surface area contributed by atoms with Crippen LogP contribution in [0.1, 0.15) is 38.1 Å². The van der Waals surface area contributed by atoms with Crippen LogP contribution in [0.2, 0.25) is 11.1 Å². The van der Waals surface area contributed by atoms with Crippen molar-refractivity contribution in [1.29, 1.82) is 0 Å². The Labute approximate surface area is 139 Å². The van der Waals surface area contributed by atoms with Crippen molar-refractivity contribution in [3.8, 4) is 0 Å². The van der Waals surface area contributed by atoms with Gasteiger partial charge in [-0.15, -0.1) is 0 Å². The molecule has 0 aliphatic rings. The van der Waals surface area contributed by atoms with Crippen LogP contribution in [0.15, 0.2) is 42.7 Å². The van der Waals surface area contributed by atoms with E-state index in [4.69, 9.17) is 4.74 Å². The fourth-order valence-corrected chi connectivity index (χ4v) is 8.74. The molecule has 0 saturated carbocycles. The number of hydrogen-bond acceptors (Lipinski definition) is 4. The minimum Gasteiger partial charge on any atom is -0.465 e. The quantitative estimate of drug-likeness (QED) is 0.625. The van der Waals surface area contributed by atoms with E-state index in [-0.39, 0.29) is 5.97 Å². The summed E-state index contributed by atoms with van der Waals surface area (Å²) in [5.41, 5.74) is 2.40. The van der Waals surface area contributed by atoms with Crippen LogP contribution in [-0.4, -0.2) is 31.1 Å². The maximum absolute atomic E-state index is 11.7. The van der Waals surface area contributed by atoms with Gasteiger partial charge in [0, 0.05) is 12.4 Å². The van der Waals surface area contributed by atoms with E-state index in [1.54, 1.807) is 0 Å². The molecule has 0 unspecified atom stereocenters. The zero-order valence-electron chi connectivity index (χ0n) is 14.4. The zero-order chi connectivity index (χ0) is 17.0. The smallest absolute Gasteiger partial charge is 0.337 e. The lowest BCUT2D eigenvalue weighted by Crippen LogP contribution is -2.64. The van der Waals surface area contributed by atoms with Gasteiger partial charge in [-0.2, -0.15) is 0 Å². The summed E-state index contributed by atoms with van der Waals surface area (Å²) in [7, 11) is -0.747. The van der Waals surface area contributed by atoms with Gasteiger partial charge < -0.3 is 4.74 Å². The molecule has 0 N–H and O–H groups in total. The van der Waals surface area contributed by atoms with Gasteiger partial charge in [0.15, 0.2) is 8.07 Å². The largest absolute Gasteiger partial charge is 0.465 e. The molecule has 122 valence electrons. The highest BCUT2D eigenvalue weighted by Crippen LogP contribution is 2.31. The molecule has 23 heavy (non-hydrogen) atoms. The Morgan fingerprint density at radius 3 is 1.96 bits per heavy atom. The van der Waals surface area contributed by atoms with Crippen LogP contribution in [-0.2, 0) is 4.74 Å². The molecular formula is C18H24N2O2Si. The molecule has 0 radical (unpaired) electrons. The monoisotopic (exact) mass is 328 g/mol. The standard InChI is InChI=1S/C18H24N2O2Si/c1-13(2)23(14(3)4,18-19-11-6-12-20-18)16-9-7-15(8-10-16)17(21)22-5/h6-14H,1-5H3. The Morgan fingerprint density at radius 1 is 1.00 bits per heavy atom. The van der Waals surface area contributed by atoms with Crippen LogP contribution in [0.5, 0.6) is 0 Å². The summed E-state index contributed by atoms with van der Waals surface area (Å²) in [4.78, 5) is 20.9. The maximum Gasteiger partial charge on any atom is 0.337 e. The van der Waals surface area contributed by atoms with Crippen molar-refractivity contribution in [3.63, 3.8) is 0 Å². The molecule has 0 aliphatic heterocycles. The summed E-state index contributed by atoms with van der Waals surface area (Å²) in [6, 6.07) is 9.64. The highest BCUT2D eigenvalue weighted by Gasteiger charge is 2.46. The van der Waals surface area contributed by atoms with Crippen molar-refractivity contribution >= 4 is 24.7 Å². The Hall–Kier alpha value is -2.01. The van der Waals surface area contributed by atoms with Crippen LogP contribution >= 0.6 is 0 Å². The molecule has 2 aromatic rings. The van der Waals surface area contributed by atoms with E-state index < -0.39 is 8.07 Å². The molecule has 1 aromatic carbocycles. The van der Waals surface area contributed by atoms with E-state index in [9.17, 15) is 4.79 Å². The molecule has 0 bridgehead atoms. The number of rotatable bonds is 5. The summed E-state index contributed by atoms with van der Waals surface area (Å²) in [5, 5.41) is 1.25. The number of carbonyl (C=O) groups excluding carboxylic acids is 1. The topological polar surface area (TPSA) is 52.1 Å². The van der Waals surface area contributed by atoms with Gasteiger partial charge in [0.25, 0.3) is 0 Å². The van der Waals surface area contributed by atoms with Crippen LogP contribution in [0.4, 0.5) is 0 Å². The summed E-state index contributed by atoms with van der Waals surface area (Å²) >= 11 is 0. The summed E-state index contributed by atoms with van der Waals surface area (Å²) < 4.78 is 4.79. The predicted molar refractivity (Wildman–Crippen MR) is 95.0 cm³/mol. The van der Waals surface area contributed by atoms with Crippen LogP contribution in [0, 0.1) is 0 Å². The van der Waals surface area contributed by atoms with Gasteiger partial charge in [-0.25, -0.2) is 14.8 Å². The predicted octanol–water partition coefficient (Wildman–Crippen LogP) is 2.65. The second-order valence-electron chi connectivity index (χ2n) is 6.32. The number of aromatic nitrogens is 2. The Balaban J connectivity index is 2.61. The SMILES string of the molecule is COC(=O)c1ccc([Si](c2ncccn2)(C(C)C)C(C)C)cc1. The molecule has 1 aromatic heterocycles. The van der Waals surface area contributed by atoms with Crippen molar-refractivity contribution < 1.29 is 9.53 Å². The second kappa shape index (κ2) is 7.04. The lowest BCUT2D eigenvalue weighted by Gasteiger charge is -2.38. The van der Waals surface area contributed by atoms with Crippen LogP contribution < -0.4 is 10.6 Å². The number of methoxy groups -OCH3 is 1. The molecule has 0 atom stereocenters. The van der Waals surface area contributed by atoms with E-state index in [1.807, 2.05) is 30.6 Å². The minimum atomic E-state index is -2.14. The molecule has 5 heteroatoms. The Morgan fingerprint density at radius 2 is 1.52 bits per heavy atom. The minimum absolute atomic E-state index is 0.311. The molecule has 0 spiro atoms. The van der Waals surface area contributed by atoms with E-state index >= 15 is 0 Å². The first kappa shape index (κ1) is 17.3. The maximum atomic E-state index is 11.7. The molecule has 0 aliphatic carbocycles. The Bertz CT molecular complexity index is 646. The first-order chi connectivity index (χ1) is 10.9. The average molecular weight is 328 g/mol. The Kier molecular flexibility index (Phi) is 5.31. The van der Waals surface area contributed by atoms with Crippen molar-refractivity contribution in [2.45, 2.75) is 38.8 Å². The molecule has 2 rings (SSSR count). The van der Waals surface area contributed by atoms with Crippen molar-refractivity contribution in [2.24, 2.45) is 0 Å². The lowest BCUT2D eigenvalue weighted by molar-refractivity contribution is 0.0601. The van der Waals surface area contributed by atoms with Gasteiger partial charge in [0.05, 0.1) is 12.7 Å². The third-order valence-corrected chi connectivity index (χ3v) is 10.5. The molecule has 0 saturated heterocycles. The number of esters is 1. The first-order valence-electron chi connectivity index (χ1n) is 7.90. The van der Waals surface area contributed by atoms with E-state index in [0.29, 0.717) is 16.6 Å². The highest BCUT2D eigenvalue weighted by molar-refractivity contribution is 7.03. The van der Waals surface area contributed by atoms with E-state index in [0.717, 1.165) is 5.45 Å². The van der Waals surface area contributed by atoms with Gasteiger partial charge in [-0.1, -0.05) is 39.8 Å². The van der Waals surface area contributed by atoms with Crippen molar-refractivity contribution in [1.82, 2.24) is 9.97 Å².